The number of nitrogens with zero attached hydrogens (tertiary/aromatic N) is 1. The van der Waals surface area contributed by atoms with Gasteiger partial charge in [0, 0.05) is 31.8 Å². The van der Waals surface area contributed by atoms with Crippen LogP contribution in [0.5, 0.6) is 0 Å². The lowest BCUT2D eigenvalue weighted by atomic mass is 10.1. The lowest BCUT2D eigenvalue weighted by Crippen LogP contribution is -2.33. The van der Waals surface area contributed by atoms with Crippen molar-refractivity contribution >= 4 is 5.69 Å². The molecule has 0 saturated heterocycles. The van der Waals surface area contributed by atoms with E-state index in [0.29, 0.717) is 19.7 Å². The van der Waals surface area contributed by atoms with Gasteiger partial charge in [0.2, 0.25) is 0 Å². The number of ether oxygens (including phenoxy) is 1. The average molecular weight is 267 g/mol. The van der Waals surface area contributed by atoms with Gasteiger partial charge in [-0.25, -0.2) is 0 Å². The van der Waals surface area contributed by atoms with E-state index >= 15 is 0 Å². The van der Waals surface area contributed by atoms with E-state index in [0.717, 1.165) is 18.4 Å². The lowest BCUT2D eigenvalue weighted by Gasteiger charge is -2.17. The van der Waals surface area contributed by atoms with Gasteiger partial charge in [-0.2, -0.15) is 0 Å². The van der Waals surface area contributed by atoms with E-state index in [4.69, 9.17) is 10.5 Å². The standard InChI is InChI=1S/C13H21N3O3/c1-19-10-12(5-3-7-14)15-9-11-4-2-6-13(8-11)16(17)18/h2,4,6,8,12,15H,3,5,7,9-10,14H2,1H3. The maximum atomic E-state index is 10.7. The van der Waals surface area contributed by atoms with Crippen LogP contribution in [0.15, 0.2) is 24.3 Å². The first-order chi connectivity index (χ1) is 9.17. The van der Waals surface area contributed by atoms with Gasteiger partial charge >= 0.3 is 0 Å². The minimum atomic E-state index is -0.384. The van der Waals surface area contributed by atoms with Crippen molar-refractivity contribution in [2.24, 2.45) is 5.73 Å². The summed E-state index contributed by atoms with van der Waals surface area (Å²) in [6.07, 6.45) is 1.86. The summed E-state index contributed by atoms with van der Waals surface area (Å²) in [7, 11) is 1.66. The molecule has 1 aromatic carbocycles. The number of methoxy groups -OCH3 is 1. The summed E-state index contributed by atoms with van der Waals surface area (Å²) >= 11 is 0. The van der Waals surface area contributed by atoms with Crippen molar-refractivity contribution < 1.29 is 9.66 Å². The van der Waals surface area contributed by atoms with Crippen LogP contribution in [0, 0.1) is 10.1 Å². The van der Waals surface area contributed by atoms with E-state index < -0.39 is 0 Å². The number of hydrogen-bond acceptors (Lipinski definition) is 5. The molecule has 0 spiro atoms. The Morgan fingerprint density at radius 1 is 1.53 bits per heavy atom. The quantitative estimate of drug-likeness (QED) is 0.522. The fraction of sp³-hybridized carbons (Fsp3) is 0.538. The van der Waals surface area contributed by atoms with Gasteiger partial charge in [-0.1, -0.05) is 12.1 Å². The third kappa shape index (κ3) is 5.78. The summed E-state index contributed by atoms with van der Waals surface area (Å²) in [5, 5.41) is 14.0. The van der Waals surface area contributed by atoms with Gasteiger partial charge in [0.25, 0.3) is 5.69 Å². The van der Waals surface area contributed by atoms with E-state index in [1.807, 2.05) is 6.07 Å². The Morgan fingerprint density at radius 2 is 2.32 bits per heavy atom. The van der Waals surface area contributed by atoms with Gasteiger partial charge in [-0.05, 0) is 24.9 Å². The summed E-state index contributed by atoms with van der Waals surface area (Å²) in [6.45, 7) is 1.84. The summed E-state index contributed by atoms with van der Waals surface area (Å²) in [6, 6.07) is 6.85. The first-order valence-corrected chi connectivity index (χ1v) is 6.33. The van der Waals surface area contributed by atoms with Gasteiger partial charge < -0.3 is 15.8 Å². The first kappa shape index (κ1) is 15.6. The predicted molar refractivity (Wildman–Crippen MR) is 73.9 cm³/mol. The average Bonchev–Trinajstić information content (AvgIpc) is 2.42. The van der Waals surface area contributed by atoms with Gasteiger partial charge in [0.1, 0.15) is 0 Å². The van der Waals surface area contributed by atoms with Crippen LogP contribution in [0.3, 0.4) is 0 Å². The third-order valence-corrected chi connectivity index (χ3v) is 2.84. The second kappa shape index (κ2) is 8.58. The monoisotopic (exact) mass is 267 g/mol. The van der Waals surface area contributed by atoms with E-state index in [-0.39, 0.29) is 16.7 Å². The maximum absolute atomic E-state index is 10.7. The second-order valence-corrected chi connectivity index (χ2v) is 4.39. The molecule has 19 heavy (non-hydrogen) atoms. The summed E-state index contributed by atoms with van der Waals surface area (Å²) in [5.41, 5.74) is 6.50. The first-order valence-electron chi connectivity index (χ1n) is 6.33. The fourth-order valence-corrected chi connectivity index (χ4v) is 1.85. The summed E-state index contributed by atoms with van der Waals surface area (Å²) < 4.78 is 5.14. The SMILES string of the molecule is COCC(CCCN)NCc1cccc([N+](=O)[O-])c1. The molecule has 1 rings (SSSR count). The fourth-order valence-electron chi connectivity index (χ4n) is 1.85. The van der Waals surface area contributed by atoms with Crippen LogP contribution in [0.2, 0.25) is 0 Å². The number of non-ortho nitro benzene ring substituents is 1. The third-order valence-electron chi connectivity index (χ3n) is 2.84. The van der Waals surface area contributed by atoms with E-state index in [1.54, 1.807) is 19.2 Å². The van der Waals surface area contributed by atoms with Gasteiger partial charge in [0.05, 0.1) is 11.5 Å². The molecule has 0 aromatic heterocycles. The Kier molecular flexibility index (Phi) is 7.02. The highest BCUT2D eigenvalue weighted by atomic mass is 16.6. The lowest BCUT2D eigenvalue weighted by molar-refractivity contribution is -0.384. The molecule has 0 radical (unpaired) electrons. The molecule has 1 unspecified atom stereocenters. The molecule has 0 heterocycles. The molecule has 0 aliphatic heterocycles. The van der Waals surface area contributed by atoms with Crippen molar-refractivity contribution in [3.63, 3.8) is 0 Å². The topological polar surface area (TPSA) is 90.4 Å². The number of nitro benzene ring substituents is 1. The molecular formula is C13H21N3O3. The number of nitrogens with two attached hydrogens (primary N) is 1. The Morgan fingerprint density at radius 3 is 2.95 bits per heavy atom. The van der Waals surface area contributed by atoms with Crippen molar-refractivity contribution in [1.29, 1.82) is 0 Å². The second-order valence-electron chi connectivity index (χ2n) is 4.39. The molecule has 6 nitrogen and oxygen atoms in total. The van der Waals surface area contributed by atoms with Crippen LogP contribution in [0.1, 0.15) is 18.4 Å². The Bertz CT molecular complexity index is 398. The number of hydrogen-bond donors (Lipinski definition) is 2. The normalized spacial score (nSPS) is 12.3. The van der Waals surface area contributed by atoms with E-state index in [9.17, 15) is 10.1 Å². The van der Waals surface area contributed by atoms with Crippen molar-refractivity contribution in [1.82, 2.24) is 5.32 Å². The Labute approximate surface area is 113 Å². The van der Waals surface area contributed by atoms with Gasteiger partial charge in [-0.3, -0.25) is 10.1 Å². The molecular weight excluding hydrogens is 246 g/mol. The molecule has 3 N–H and O–H groups in total. The van der Waals surface area contributed by atoms with Crippen LogP contribution in [0.25, 0.3) is 0 Å². The zero-order valence-electron chi connectivity index (χ0n) is 11.2. The van der Waals surface area contributed by atoms with Crippen LogP contribution in [-0.4, -0.2) is 31.2 Å². The number of nitrogens with one attached hydrogen (secondary N) is 1. The Balaban J connectivity index is 2.53. The number of rotatable bonds is 9. The van der Waals surface area contributed by atoms with Crippen molar-refractivity contribution in [3.8, 4) is 0 Å². The van der Waals surface area contributed by atoms with Crippen LogP contribution in [0.4, 0.5) is 5.69 Å². The minimum absolute atomic E-state index is 0.115. The molecule has 0 saturated carbocycles. The number of benzene rings is 1. The van der Waals surface area contributed by atoms with E-state index in [2.05, 4.69) is 5.32 Å². The van der Waals surface area contributed by atoms with Crippen LogP contribution >= 0.6 is 0 Å². The van der Waals surface area contributed by atoms with Crippen molar-refractivity contribution in [2.45, 2.75) is 25.4 Å². The van der Waals surface area contributed by atoms with Crippen LogP contribution in [-0.2, 0) is 11.3 Å². The van der Waals surface area contributed by atoms with Crippen molar-refractivity contribution in [2.75, 3.05) is 20.3 Å². The minimum Gasteiger partial charge on any atom is -0.383 e. The molecule has 0 fully saturated rings. The predicted octanol–water partition coefficient (Wildman–Crippen LogP) is 1.44. The summed E-state index contributed by atoms with van der Waals surface area (Å²) in [5.74, 6) is 0. The molecule has 0 aliphatic carbocycles. The van der Waals surface area contributed by atoms with Crippen LogP contribution < -0.4 is 11.1 Å². The summed E-state index contributed by atoms with van der Waals surface area (Å²) in [4.78, 5) is 10.3. The molecule has 1 atom stereocenters. The zero-order chi connectivity index (χ0) is 14.1. The van der Waals surface area contributed by atoms with Gasteiger partial charge in [-0.15, -0.1) is 0 Å². The van der Waals surface area contributed by atoms with E-state index in [1.165, 1.54) is 6.07 Å². The smallest absolute Gasteiger partial charge is 0.269 e. The molecule has 0 aliphatic rings. The molecule has 0 amide bonds. The maximum Gasteiger partial charge on any atom is 0.269 e. The molecule has 1 aromatic rings. The molecule has 6 heteroatoms. The zero-order valence-corrected chi connectivity index (χ0v) is 11.2. The number of nitro groups is 1. The highest BCUT2D eigenvalue weighted by Crippen LogP contribution is 2.13. The Hall–Kier alpha value is -1.50. The molecule has 0 bridgehead atoms. The van der Waals surface area contributed by atoms with Crippen molar-refractivity contribution in [3.05, 3.63) is 39.9 Å². The van der Waals surface area contributed by atoms with Gasteiger partial charge in [0.15, 0.2) is 0 Å². The highest BCUT2D eigenvalue weighted by Gasteiger charge is 2.09. The highest BCUT2D eigenvalue weighted by molar-refractivity contribution is 5.34. The molecule has 106 valence electrons. The largest absolute Gasteiger partial charge is 0.383 e.